The Morgan fingerprint density at radius 2 is 1.96 bits per heavy atom. The van der Waals surface area contributed by atoms with Crippen LogP contribution in [-0.2, 0) is 6.54 Å². The van der Waals surface area contributed by atoms with E-state index in [1.807, 2.05) is 11.8 Å². The molecular weight excluding hydrogens is 348 g/mol. The van der Waals surface area contributed by atoms with Gasteiger partial charge >= 0.3 is 0 Å². The summed E-state index contributed by atoms with van der Waals surface area (Å²) in [5.74, 6) is 1.10. The molecule has 1 unspecified atom stereocenters. The fraction of sp³-hybridized carbons (Fsp3) is 0.565. The zero-order chi connectivity index (χ0) is 19.7. The average Bonchev–Trinajstić information content (AvgIpc) is 3.28. The highest BCUT2D eigenvalue weighted by Gasteiger charge is 2.43. The highest BCUT2D eigenvalue weighted by atomic mass is 16.2. The molecule has 28 heavy (non-hydrogen) atoms. The van der Waals surface area contributed by atoms with Crippen molar-refractivity contribution in [3.8, 4) is 0 Å². The Morgan fingerprint density at radius 3 is 2.64 bits per heavy atom. The number of amides is 1. The van der Waals surface area contributed by atoms with Crippen LogP contribution in [0.1, 0.15) is 66.5 Å². The summed E-state index contributed by atoms with van der Waals surface area (Å²) in [6, 6.07) is 9.09. The predicted octanol–water partition coefficient (Wildman–Crippen LogP) is 3.97. The molecule has 1 amide bonds. The molecule has 1 N–H and O–H groups in total. The molecule has 3 heterocycles. The van der Waals surface area contributed by atoms with E-state index in [0.29, 0.717) is 11.7 Å². The number of carbonyl (C=O) groups excluding carboxylic acids is 1. The second-order valence-corrected chi connectivity index (χ2v) is 9.10. The monoisotopic (exact) mass is 380 g/mol. The molecule has 2 fully saturated rings. The zero-order valence-electron chi connectivity index (χ0n) is 17.4. The number of aromatic amines is 1. The van der Waals surface area contributed by atoms with Crippen molar-refractivity contribution < 1.29 is 4.79 Å². The first-order chi connectivity index (χ1) is 13.4. The van der Waals surface area contributed by atoms with Gasteiger partial charge in [-0.25, -0.2) is 4.98 Å². The lowest BCUT2D eigenvalue weighted by Gasteiger charge is -2.40. The highest BCUT2D eigenvalue weighted by Crippen LogP contribution is 2.39. The number of hydrogen-bond acceptors (Lipinski definition) is 3. The van der Waals surface area contributed by atoms with Gasteiger partial charge in [-0.1, -0.05) is 38.1 Å². The van der Waals surface area contributed by atoms with Crippen LogP contribution in [0.5, 0.6) is 0 Å². The lowest BCUT2D eigenvalue weighted by molar-refractivity contribution is 0.0667. The predicted molar refractivity (Wildman–Crippen MR) is 111 cm³/mol. The Bertz CT molecular complexity index is 825. The van der Waals surface area contributed by atoms with Gasteiger partial charge in [-0.15, -0.1) is 0 Å². The molecule has 5 nitrogen and oxygen atoms in total. The number of piperidine rings is 1. The molecule has 2 saturated heterocycles. The van der Waals surface area contributed by atoms with E-state index in [2.05, 4.69) is 53.0 Å². The Balaban J connectivity index is 1.38. The molecule has 0 saturated carbocycles. The average molecular weight is 381 g/mol. The molecule has 5 heteroatoms. The summed E-state index contributed by atoms with van der Waals surface area (Å²) in [5.41, 5.74) is 3.97. The molecule has 0 aliphatic carbocycles. The van der Waals surface area contributed by atoms with Gasteiger partial charge in [-0.2, -0.15) is 0 Å². The maximum absolute atomic E-state index is 12.8. The number of H-pyrrole nitrogens is 1. The summed E-state index contributed by atoms with van der Waals surface area (Å²) >= 11 is 0. The molecule has 2 aromatic rings. The van der Waals surface area contributed by atoms with Gasteiger partial charge in [0, 0.05) is 43.5 Å². The van der Waals surface area contributed by atoms with Crippen molar-refractivity contribution in [1.29, 1.82) is 0 Å². The summed E-state index contributed by atoms with van der Waals surface area (Å²) in [6.07, 6.45) is 5.26. The summed E-state index contributed by atoms with van der Waals surface area (Å²) in [6.45, 7) is 11.3. The standard InChI is InChI=1S/C23H32N4O/c1-17(2)20-7-5-19(6-8-20)14-26-11-4-9-23(15-26)10-12-27(16-23)22(28)21-24-13-18(3)25-21/h5-8,13,17H,4,9-12,14-16H2,1-3H3,(H,24,25). The Labute approximate surface area is 168 Å². The summed E-state index contributed by atoms with van der Waals surface area (Å²) in [5, 5.41) is 0. The molecule has 2 aliphatic rings. The Kier molecular flexibility index (Phi) is 5.28. The van der Waals surface area contributed by atoms with E-state index in [-0.39, 0.29) is 11.3 Å². The van der Waals surface area contributed by atoms with Gasteiger partial charge in [0.2, 0.25) is 0 Å². The van der Waals surface area contributed by atoms with Crippen molar-refractivity contribution in [2.24, 2.45) is 5.41 Å². The van der Waals surface area contributed by atoms with Gasteiger partial charge in [0.15, 0.2) is 5.82 Å². The molecule has 0 bridgehead atoms. The van der Waals surface area contributed by atoms with Crippen LogP contribution in [0.3, 0.4) is 0 Å². The maximum Gasteiger partial charge on any atom is 0.289 e. The number of likely N-dealkylation sites (tertiary alicyclic amines) is 2. The molecule has 2 aliphatic heterocycles. The Hall–Kier alpha value is -2.14. The van der Waals surface area contributed by atoms with E-state index in [4.69, 9.17) is 0 Å². The minimum Gasteiger partial charge on any atom is -0.338 e. The third kappa shape index (κ3) is 4.00. The van der Waals surface area contributed by atoms with Gasteiger partial charge in [0.1, 0.15) is 0 Å². The molecule has 1 spiro atoms. The zero-order valence-corrected chi connectivity index (χ0v) is 17.4. The largest absolute Gasteiger partial charge is 0.338 e. The van der Waals surface area contributed by atoms with Crippen molar-refractivity contribution in [3.05, 3.63) is 53.1 Å². The minimum absolute atomic E-state index is 0.0476. The number of imidazole rings is 1. The fourth-order valence-electron chi connectivity index (χ4n) is 4.82. The SMILES string of the molecule is Cc1cnc(C(=O)N2CCC3(CCCN(Cc4ccc(C(C)C)cc4)C3)C2)[nH]1. The van der Waals surface area contributed by atoms with Gasteiger partial charge < -0.3 is 9.88 Å². The fourth-order valence-corrected chi connectivity index (χ4v) is 4.82. The van der Waals surface area contributed by atoms with Crippen molar-refractivity contribution >= 4 is 5.91 Å². The van der Waals surface area contributed by atoms with E-state index >= 15 is 0 Å². The van der Waals surface area contributed by atoms with Crippen LogP contribution in [0.4, 0.5) is 0 Å². The van der Waals surface area contributed by atoms with E-state index < -0.39 is 0 Å². The topological polar surface area (TPSA) is 52.2 Å². The van der Waals surface area contributed by atoms with E-state index in [1.165, 1.54) is 24.0 Å². The maximum atomic E-state index is 12.8. The quantitative estimate of drug-likeness (QED) is 0.873. The van der Waals surface area contributed by atoms with E-state index in [0.717, 1.165) is 44.8 Å². The molecule has 1 atom stereocenters. The third-order valence-electron chi connectivity index (χ3n) is 6.42. The van der Waals surface area contributed by atoms with Crippen LogP contribution < -0.4 is 0 Å². The van der Waals surface area contributed by atoms with Crippen LogP contribution in [0, 0.1) is 12.3 Å². The van der Waals surface area contributed by atoms with Crippen LogP contribution in [0.2, 0.25) is 0 Å². The molecule has 4 rings (SSSR count). The normalized spacial score (nSPS) is 23.1. The highest BCUT2D eigenvalue weighted by molar-refractivity contribution is 5.90. The second kappa shape index (κ2) is 7.70. The van der Waals surface area contributed by atoms with Gasteiger partial charge in [0.25, 0.3) is 5.91 Å². The van der Waals surface area contributed by atoms with Gasteiger partial charge in [0.05, 0.1) is 0 Å². The Morgan fingerprint density at radius 1 is 1.18 bits per heavy atom. The van der Waals surface area contributed by atoms with Crippen LogP contribution in [-0.4, -0.2) is 51.9 Å². The van der Waals surface area contributed by atoms with Gasteiger partial charge in [-0.3, -0.25) is 9.69 Å². The number of nitrogens with one attached hydrogen (secondary N) is 1. The summed E-state index contributed by atoms with van der Waals surface area (Å²) in [7, 11) is 0. The van der Waals surface area contributed by atoms with Crippen LogP contribution >= 0.6 is 0 Å². The number of nitrogens with zero attached hydrogens (tertiary/aromatic N) is 3. The van der Waals surface area contributed by atoms with Crippen molar-refractivity contribution in [2.75, 3.05) is 26.2 Å². The van der Waals surface area contributed by atoms with E-state index in [1.54, 1.807) is 6.20 Å². The van der Waals surface area contributed by atoms with Crippen LogP contribution in [0.25, 0.3) is 0 Å². The summed E-state index contributed by atoms with van der Waals surface area (Å²) in [4.78, 5) is 24.7. The molecular formula is C23H32N4O. The lowest BCUT2D eigenvalue weighted by atomic mass is 9.79. The number of hydrogen-bond donors (Lipinski definition) is 1. The number of aromatic nitrogens is 2. The number of benzene rings is 1. The second-order valence-electron chi connectivity index (χ2n) is 9.10. The smallest absolute Gasteiger partial charge is 0.289 e. The first kappa shape index (κ1) is 19.2. The first-order valence-corrected chi connectivity index (χ1v) is 10.6. The third-order valence-corrected chi connectivity index (χ3v) is 6.42. The van der Waals surface area contributed by atoms with Gasteiger partial charge in [-0.05, 0) is 49.8 Å². The molecule has 150 valence electrons. The lowest BCUT2D eigenvalue weighted by Crippen LogP contribution is -2.45. The van der Waals surface area contributed by atoms with Crippen molar-refractivity contribution in [3.63, 3.8) is 0 Å². The minimum atomic E-state index is 0.0476. The first-order valence-electron chi connectivity index (χ1n) is 10.6. The number of aryl methyl sites for hydroxylation is 1. The molecule has 1 aromatic carbocycles. The summed E-state index contributed by atoms with van der Waals surface area (Å²) < 4.78 is 0. The molecule has 0 radical (unpaired) electrons. The molecule has 1 aromatic heterocycles. The number of carbonyl (C=O) groups is 1. The van der Waals surface area contributed by atoms with Crippen molar-refractivity contribution in [2.45, 2.75) is 52.5 Å². The van der Waals surface area contributed by atoms with Crippen LogP contribution in [0.15, 0.2) is 30.5 Å². The van der Waals surface area contributed by atoms with E-state index in [9.17, 15) is 4.79 Å². The van der Waals surface area contributed by atoms with Crippen molar-refractivity contribution in [1.82, 2.24) is 19.8 Å². The number of rotatable bonds is 4.